The third kappa shape index (κ3) is 3.61. The molecule has 0 aliphatic carbocycles. The van der Waals surface area contributed by atoms with Gasteiger partial charge in [0.15, 0.2) is 0 Å². The van der Waals surface area contributed by atoms with E-state index in [2.05, 4.69) is 41.5 Å². The summed E-state index contributed by atoms with van der Waals surface area (Å²) in [5, 5.41) is 0.461. The smallest absolute Gasteiger partial charge is 0.258 e. The summed E-state index contributed by atoms with van der Waals surface area (Å²) in [6.45, 7) is 13.2. The molecule has 1 aromatic rings. The van der Waals surface area contributed by atoms with Gasteiger partial charge in [-0.2, -0.15) is 0 Å². The first-order chi connectivity index (χ1) is 10.0. The van der Waals surface area contributed by atoms with Gasteiger partial charge < -0.3 is 10.2 Å². The van der Waals surface area contributed by atoms with Crippen LogP contribution in [0.5, 0.6) is 5.75 Å². The van der Waals surface area contributed by atoms with Crippen LogP contribution in [0.1, 0.15) is 51.9 Å². The number of nitrogens with two attached hydrogens (primary N) is 1. The quantitative estimate of drug-likeness (QED) is 0.665. The van der Waals surface area contributed by atoms with Gasteiger partial charge in [-0.1, -0.05) is 64.7 Å². The summed E-state index contributed by atoms with van der Waals surface area (Å²) in [7, 11) is -2.09. The van der Waals surface area contributed by atoms with Crippen molar-refractivity contribution in [2.24, 2.45) is 5.73 Å². The van der Waals surface area contributed by atoms with Gasteiger partial charge in [-0.05, 0) is 28.8 Å². The van der Waals surface area contributed by atoms with E-state index >= 15 is 0 Å². The predicted octanol–water partition coefficient (Wildman–Crippen LogP) is 5.65. The molecule has 124 valence electrons. The first-order valence-corrected chi connectivity index (χ1v) is 10.4. The van der Waals surface area contributed by atoms with E-state index in [0.29, 0.717) is 22.4 Å². The second-order valence-electron chi connectivity index (χ2n) is 6.55. The van der Waals surface area contributed by atoms with Crippen LogP contribution in [0.3, 0.4) is 0 Å². The summed E-state index contributed by atoms with van der Waals surface area (Å²) in [4.78, 5) is 11.4. The molecular formula is C16H25Cl2NO2Si. The molecule has 3 nitrogen and oxygen atoms in total. The molecule has 2 N–H and O–H groups in total. The number of carbonyl (C=O) groups is 1. The van der Waals surface area contributed by atoms with Gasteiger partial charge in [0.05, 0.1) is 15.6 Å². The van der Waals surface area contributed by atoms with Crippen molar-refractivity contribution in [3.05, 3.63) is 27.7 Å². The Labute approximate surface area is 144 Å². The highest BCUT2D eigenvalue weighted by Crippen LogP contribution is 2.43. The number of benzene rings is 1. The Morgan fingerprint density at radius 3 is 1.64 bits per heavy atom. The summed E-state index contributed by atoms with van der Waals surface area (Å²) < 4.78 is 6.50. The number of rotatable bonds is 6. The van der Waals surface area contributed by atoms with Crippen molar-refractivity contribution >= 4 is 37.4 Å². The topological polar surface area (TPSA) is 52.3 Å². The molecule has 6 heteroatoms. The maximum Gasteiger partial charge on any atom is 0.258 e. The Kier molecular flexibility index (Phi) is 6.36. The highest BCUT2D eigenvalue weighted by atomic mass is 35.5. The van der Waals surface area contributed by atoms with Crippen LogP contribution in [0, 0.1) is 0 Å². The third-order valence-electron chi connectivity index (χ3n) is 4.26. The number of halogens is 2. The predicted molar refractivity (Wildman–Crippen MR) is 96.7 cm³/mol. The minimum Gasteiger partial charge on any atom is -0.543 e. The SMILES string of the molecule is CC(C)[Si](Oc1cc(Cl)c(C(N)=O)c(Cl)c1)(C(C)C)C(C)C. The molecule has 1 rings (SSSR count). The summed E-state index contributed by atoms with van der Waals surface area (Å²) >= 11 is 12.3. The van der Waals surface area contributed by atoms with Gasteiger partial charge in [-0.3, -0.25) is 4.79 Å². The molecule has 0 aliphatic rings. The second kappa shape index (κ2) is 7.24. The van der Waals surface area contributed by atoms with Gasteiger partial charge in [0, 0.05) is 0 Å². The molecule has 0 atom stereocenters. The minimum atomic E-state index is -2.09. The van der Waals surface area contributed by atoms with Crippen molar-refractivity contribution in [2.45, 2.75) is 58.2 Å². The van der Waals surface area contributed by atoms with Crippen LogP contribution >= 0.6 is 23.2 Å². The molecule has 0 spiro atoms. The molecule has 0 bridgehead atoms. The lowest BCUT2D eigenvalue weighted by Gasteiger charge is -2.42. The van der Waals surface area contributed by atoms with E-state index in [9.17, 15) is 4.79 Å². The van der Waals surface area contributed by atoms with Crippen molar-refractivity contribution in [1.29, 1.82) is 0 Å². The van der Waals surface area contributed by atoms with E-state index in [1.807, 2.05) is 0 Å². The van der Waals surface area contributed by atoms with Gasteiger partial charge in [0.1, 0.15) is 5.75 Å². The Balaban J connectivity index is 3.34. The van der Waals surface area contributed by atoms with Crippen molar-refractivity contribution in [1.82, 2.24) is 0 Å². The molecule has 1 aromatic carbocycles. The number of hydrogen-bond acceptors (Lipinski definition) is 2. The van der Waals surface area contributed by atoms with E-state index in [0.717, 1.165) is 0 Å². The molecule has 0 heterocycles. The molecule has 0 saturated carbocycles. The third-order valence-corrected chi connectivity index (χ3v) is 10.9. The average Bonchev–Trinajstić information content (AvgIpc) is 2.32. The summed E-state index contributed by atoms with van der Waals surface area (Å²) in [6, 6.07) is 3.28. The molecule has 0 fully saturated rings. The van der Waals surface area contributed by atoms with E-state index in [-0.39, 0.29) is 15.6 Å². The van der Waals surface area contributed by atoms with Crippen molar-refractivity contribution in [2.75, 3.05) is 0 Å². The fourth-order valence-corrected chi connectivity index (χ4v) is 9.29. The average molecular weight is 362 g/mol. The monoisotopic (exact) mass is 361 g/mol. The largest absolute Gasteiger partial charge is 0.543 e. The fraction of sp³-hybridized carbons (Fsp3) is 0.562. The fourth-order valence-electron chi connectivity index (χ4n) is 3.40. The highest BCUT2D eigenvalue weighted by molar-refractivity contribution is 6.78. The zero-order chi connectivity index (χ0) is 17.2. The lowest BCUT2D eigenvalue weighted by atomic mass is 10.2. The van der Waals surface area contributed by atoms with Crippen LogP contribution in [0.25, 0.3) is 0 Å². The van der Waals surface area contributed by atoms with Gasteiger partial charge in [-0.15, -0.1) is 0 Å². The summed E-state index contributed by atoms with van der Waals surface area (Å²) in [5.41, 5.74) is 6.73. The van der Waals surface area contributed by atoms with E-state index in [1.165, 1.54) is 0 Å². The molecule has 0 radical (unpaired) electrons. The number of carbonyl (C=O) groups excluding carboxylic acids is 1. The van der Waals surface area contributed by atoms with Gasteiger partial charge in [0.25, 0.3) is 14.2 Å². The van der Waals surface area contributed by atoms with Crippen LogP contribution in [-0.4, -0.2) is 14.2 Å². The summed E-state index contributed by atoms with van der Waals surface area (Å²) in [5.74, 6) is -0.0237. The lowest BCUT2D eigenvalue weighted by Crippen LogP contribution is -2.50. The van der Waals surface area contributed by atoms with Crippen molar-refractivity contribution in [3.63, 3.8) is 0 Å². The van der Waals surface area contributed by atoms with E-state index in [1.54, 1.807) is 12.1 Å². The second-order valence-corrected chi connectivity index (χ2v) is 12.7. The van der Waals surface area contributed by atoms with Crippen molar-refractivity contribution in [3.8, 4) is 5.75 Å². The van der Waals surface area contributed by atoms with Crippen LogP contribution in [-0.2, 0) is 0 Å². The molecule has 0 unspecified atom stereocenters. The van der Waals surface area contributed by atoms with Crippen LogP contribution in [0.4, 0.5) is 0 Å². The van der Waals surface area contributed by atoms with E-state index < -0.39 is 14.2 Å². The number of amides is 1. The van der Waals surface area contributed by atoms with Crippen LogP contribution in [0.15, 0.2) is 12.1 Å². The first-order valence-electron chi connectivity index (χ1n) is 7.51. The Morgan fingerprint density at radius 1 is 1.00 bits per heavy atom. The van der Waals surface area contributed by atoms with Crippen molar-refractivity contribution < 1.29 is 9.22 Å². The zero-order valence-electron chi connectivity index (χ0n) is 14.0. The zero-order valence-corrected chi connectivity index (χ0v) is 16.5. The summed E-state index contributed by atoms with van der Waals surface area (Å²) in [6.07, 6.45) is 0. The van der Waals surface area contributed by atoms with E-state index in [4.69, 9.17) is 33.4 Å². The Hall–Kier alpha value is -0.713. The lowest BCUT2D eigenvalue weighted by molar-refractivity contribution is 0.100. The van der Waals surface area contributed by atoms with Crippen LogP contribution < -0.4 is 10.2 Å². The van der Waals surface area contributed by atoms with Gasteiger partial charge >= 0.3 is 0 Å². The van der Waals surface area contributed by atoms with Gasteiger partial charge in [-0.25, -0.2) is 0 Å². The minimum absolute atomic E-state index is 0.140. The molecular weight excluding hydrogens is 337 g/mol. The number of primary amides is 1. The van der Waals surface area contributed by atoms with Gasteiger partial charge in [0.2, 0.25) is 0 Å². The molecule has 0 aliphatic heterocycles. The standard InChI is InChI=1S/C16H25Cl2NO2Si/c1-9(2)22(10(3)4,11(5)6)21-12-7-13(17)15(16(19)20)14(18)8-12/h7-11H,1-6H3,(H2,19,20). The molecule has 22 heavy (non-hydrogen) atoms. The number of hydrogen-bond donors (Lipinski definition) is 1. The maximum atomic E-state index is 11.4. The molecule has 1 amide bonds. The molecule has 0 saturated heterocycles. The highest BCUT2D eigenvalue weighted by Gasteiger charge is 2.47. The molecule has 0 aromatic heterocycles. The van der Waals surface area contributed by atoms with Crippen LogP contribution in [0.2, 0.25) is 26.7 Å². The normalized spacial score (nSPS) is 12.3. The first kappa shape index (κ1) is 19.3. The Bertz CT molecular complexity index is 514. The Morgan fingerprint density at radius 2 is 1.36 bits per heavy atom. The maximum absolute atomic E-state index is 11.4.